The number of rotatable bonds is 4. The van der Waals surface area contributed by atoms with E-state index in [0.717, 1.165) is 25.7 Å². The van der Waals surface area contributed by atoms with Crippen molar-refractivity contribution in [1.29, 1.82) is 0 Å². The number of likely N-dealkylation sites (tertiary alicyclic amines) is 1. The minimum atomic E-state index is -1.31. The summed E-state index contributed by atoms with van der Waals surface area (Å²) in [6.45, 7) is 1.33. The van der Waals surface area contributed by atoms with E-state index < -0.39 is 17.3 Å². The smallest absolute Gasteiger partial charge is 0.408 e. The maximum absolute atomic E-state index is 12.5. The summed E-state index contributed by atoms with van der Waals surface area (Å²) >= 11 is 0. The molecule has 144 valence electrons. The Labute approximate surface area is 155 Å². The van der Waals surface area contributed by atoms with Crippen LogP contribution < -0.4 is 11.1 Å². The molecule has 1 saturated heterocycles. The predicted octanol–water partition coefficient (Wildman–Crippen LogP) is 1.46. The van der Waals surface area contributed by atoms with Gasteiger partial charge in [-0.3, -0.25) is 14.2 Å². The molecule has 0 radical (unpaired) electrons. The van der Waals surface area contributed by atoms with Gasteiger partial charge in [0.15, 0.2) is 5.58 Å². The van der Waals surface area contributed by atoms with Crippen LogP contribution in [0.25, 0.3) is 11.1 Å². The van der Waals surface area contributed by atoms with Gasteiger partial charge in [-0.25, -0.2) is 4.79 Å². The summed E-state index contributed by atoms with van der Waals surface area (Å²) in [5.74, 6) is -1.16. The van der Waals surface area contributed by atoms with Crippen molar-refractivity contribution in [2.75, 3.05) is 18.4 Å². The van der Waals surface area contributed by atoms with Crippen LogP contribution >= 0.6 is 0 Å². The van der Waals surface area contributed by atoms with Crippen molar-refractivity contribution in [1.82, 2.24) is 9.47 Å². The highest BCUT2D eigenvalue weighted by atomic mass is 16.4. The van der Waals surface area contributed by atoms with Crippen molar-refractivity contribution in [3.63, 3.8) is 0 Å². The summed E-state index contributed by atoms with van der Waals surface area (Å²) in [4.78, 5) is 38.7. The number of amides is 2. The number of piperidine rings is 1. The number of aromatic nitrogens is 1. The fourth-order valence-corrected chi connectivity index (χ4v) is 3.65. The van der Waals surface area contributed by atoms with E-state index in [4.69, 9.17) is 4.42 Å². The zero-order chi connectivity index (χ0) is 19.0. The van der Waals surface area contributed by atoms with E-state index in [9.17, 15) is 19.5 Å². The number of carbonyl (C=O) groups excluding carboxylic acids is 2. The Kier molecular flexibility index (Phi) is 4.51. The summed E-state index contributed by atoms with van der Waals surface area (Å²) in [6, 6.07) is 4.80. The zero-order valence-corrected chi connectivity index (χ0v) is 15.1. The van der Waals surface area contributed by atoms with Gasteiger partial charge in [0.2, 0.25) is 5.91 Å². The molecule has 27 heavy (non-hydrogen) atoms. The molecule has 2 heterocycles. The first-order valence-corrected chi connectivity index (χ1v) is 9.41. The molecule has 1 aromatic heterocycles. The normalized spacial score (nSPS) is 18.9. The Morgan fingerprint density at radius 1 is 1.15 bits per heavy atom. The minimum Gasteiger partial charge on any atom is -0.408 e. The second-order valence-electron chi connectivity index (χ2n) is 7.42. The predicted molar refractivity (Wildman–Crippen MR) is 98.3 cm³/mol. The Morgan fingerprint density at radius 3 is 2.56 bits per heavy atom. The van der Waals surface area contributed by atoms with Gasteiger partial charge < -0.3 is 19.7 Å². The van der Waals surface area contributed by atoms with Crippen LogP contribution in [-0.4, -0.2) is 45.1 Å². The first-order valence-electron chi connectivity index (χ1n) is 9.41. The Morgan fingerprint density at radius 2 is 1.89 bits per heavy atom. The Hall–Kier alpha value is -2.61. The lowest BCUT2D eigenvalue weighted by molar-refractivity contribution is -0.142. The van der Waals surface area contributed by atoms with Gasteiger partial charge in [0.1, 0.15) is 12.1 Å². The fourth-order valence-electron chi connectivity index (χ4n) is 3.65. The van der Waals surface area contributed by atoms with Crippen LogP contribution in [0.3, 0.4) is 0 Å². The van der Waals surface area contributed by atoms with Gasteiger partial charge in [0.05, 0.1) is 5.52 Å². The van der Waals surface area contributed by atoms with Crippen molar-refractivity contribution in [2.24, 2.45) is 0 Å². The second-order valence-corrected chi connectivity index (χ2v) is 7.42. The SMILES string of the molecule is O=C(Cn1c(=O)oc2ccc(NC(=O)C3(O)CCC3)cc21)N1CCCCC1. The quantitative estimate of drug-likeness (QED) is 0.844. The number of aliphatic hydroxyl groups is 1. The third-order valence-corrected chi connectivity index (χ3v) is 5.53. The Bertz CT molecular complexity index is 934. The molecule has 1 saturated carbocycles. The number of nitrogens with zero attached hydrogens (tertiary/aromatic N) is 2. The number of fused-ring (bicyclic) bond motifs is 1. The third-order valence-electron chi connectivity index (χ3n) is 5.53. The van der Waals surface area contributed by atoms with E-state index >= 15 is 0 Å². The van der Waals surface area contributed by atoms with Gasteiger partial charge >= 0.3 is 5.76 Å². The van der Waals surface area contributed by atoms with Crippen LogP contribution in [0.4, 0.5) is 5.69 Å². The van der Waals surface area contributed by atoms with Crippen LogP contribution in [0, 0.1) is 0 Å². The summed E-state index contributed by atoms with van der Waals surface area (Å²) in [5.41, 5.74) is -0.0572. The lowest BCUT2D eigenvalue weighted by Gasteiger charge is -2.34. The molecule has 1 aliphatic carbocycles. The molecule has 2 fully saturated rings. The number of nitrogens with one attached hydrogen (secondary N) is 1. The van der Waals surface area contributed by atoms with Crippen LogP contribution in [0.1, 0.15) is 38.5 Å². The Balaban J connectivity index is 1.57. The number of anilines is 1. The van der Waals surface area contributed by atoms with Crippen molar-refractivity contribution in [3.05, 3.63) is 28.7 Å². The number of carbonyl (C=O) groups is 2. The van der Waals surface area contributed by atoms with Crippen LogP contribution in [0.2, 0.25) is 0 Å². The fraction of sp³-hybridized carbons (Fsp3) is 0.526. The molecule has 0 spiro atoms. The molecule has 2 N–H and O–H groups in total. The van der Waals surface area contributed by atoms with Crippen LogP contribution in [0.5, 0.6) is 0 Å². The first kappa shape index (κ1) is 17.8. The van der Waals surface area contributed by atoms with Crippen molar-refractivity contribution < 1.29 is 19.1 Å². The molecule has 8 heteroatoms. The average Bonchev–Trinajstić information content (AvgIpc) is 2.95. The molecule has 8 nitrogen and oxygen atoms in total. The summed E-state index contributed by atoms with van der Waals surface area (Å²) in [6.07, 6.45) is 4.79. The van der Waals surface area contributed by atoms with Gasteiger partial charge in [-0.1, -0.05) is 0 Å². The highest BCUT2D eigenvalue weighted by Gasteiger charge is 2.42. The van der Waals surface area contributed by atoms with Gasteiger partial charge in [-0.05, 0) is 56.7 Å². The summed E-state index contributed by atoms with van der Waals surface area (Å²) in [5, 5.41) is 12.8. The molecular formula is C19H23N3O5. The van der Waals surface area contributed by atoms with Crippen molar-refractivity contribution >= 4 is 28.6 Å². The van der Waals surface area contributed by atoms with Gasteiger partial charge in [-0.2, -0.15) is 0 Å². The van der Waals surface area contributed by atoms with E-state index in [2.05, 4.69) is 5.32 Å². The lowest BCUT2D eigenvalue weighted by Crippen LogP contribution is -2.48. The standard InChI is InChI=1S/C19H23N3O5/c23-16(21-9-2-1-3-10-21)12-22-14-11-13(5-6-15(14)27-18(22)25)20-17(24)19(26)7-4-8-19/h5-6,11,26H,1-4,7-10,12H2,(H,20,24). The molecule has 0 unspecified atom stereocenters. The molecule has 0 bridgehead atoms. The maximum atomic E-state index is 12.5. The summed E-state index contributed by atoms with van der Waals surface area (Å²) < 4.78 is 6.51. The lowest BCUT2D eigenvalue weighted by atomic mass is 9.79. The molecule has 2 aliphatic rings. The molecule has 2 amide bonds. The number of oxazole rings is 1. The maximum Gasteiger partial charge on any atom is 0.420 e. The van der Waals surface area contributed by atoms with E-state index in [0.29, 0.717) is 42.7 Å². The van der Waals surface area contributed by atoms with Gasteiger partial charge in [0, 0.05) is 18.8 Å². The molecule has 4 rings (SSSR count). The largest absolute Gasteiger partial charge is 0.420 e. The van der Waals surface area contributed by atoms with Gasteiger partial charge in [0.25, 0.3) is 5.91 Å². The first-order chi connectivity index (χ1) is 13.0. The third kappa shape index (κ3) is 3.37. The van der Waals surface area contributed by atoms with Crippen LogP contribution in [-0.2, 0) is 16.1 Å². The molecule has 1 aliphatic heterocycles. The number of hydrogen-bond acceptors (Lipinski definition) is 5. The average molecular weight is 373 g/mol. The van der Waals surface area contributed by atoms with Crippen molar-refractivity contribution in [2.45, 2.75) is 50.7 Å². The second kappa shape index (κ2) is 6.84. The minimum absolute atomic E-state index is 0.0901. The van der Waals surface area contributed by atoms with Crippen molar-refractivity contribution in [3.8, 4) is 0 Å². The topological polar surface area (TPSA) is 105 Å². The number of hydrogen-bond donors (Lipinski definition) is 2. The van der Waals surface area contributed by atoms with Crippen LogP contribution in [0.15, 0.2) is 27.4 Å². The molecule has 2 aromatic rings. The highest BCUT2D eigenvalue weighted by Crippen LogP contribution is 2.33. The van der Waals surface area contributed by atoms with E-state index in [1.807, 2.05) is 0 Å². The van der Waals surface area contributed by atoms with E-state index in [1.165, 1.54) is 4.57 Å². The molecule has 1 aromatic carbocycles. The summed E-state index contributed by atoms with van der Waals surface area (Å²) in [7, 11) is 0. The molecular weight excluding hydrogens is 350 g/mol. The van der Waals surface area contributed by atoms with E-state index in [1.54, 1.807) is 23.1 Å². The monoisotopic (exact) mass is 373 g/mol. The molecule has 0 atom stereocenters. The highest BCUT2D eigenvalue weighted by molar-refractivity contribution is 5.99. The van der Waals surface area contributed by atoms with E-state index in [-0.39, 0.29) is 12.5 Å². The van der Waals surface area contributed by atoms with Gasteiger partial charge in [-0.15, -0.1) is 0 Å². The zero-order valence-electron chi connectivity index (χ0n) is 15.1. The number of benzene rings is 1.